The van der Waals surface area contributed by atoms with E-state index in [0.29, 0.717) is 29.0 Å². The Hall–Kier alpha value is -2.80. The highest BCUT2D eigenvalue weighted by atomic mass is 32.2. The Bertz CT molecular complexity index is 1060. The summed E-state index contributed by atoms with van der Waals surface area (Å²) in [6.45, 7) is 2.72. The third-order valence-corrected chi connectivity index (χ3v) is 5.27. The Morgan fingerprint density at radius 2 is 2.04 bits per heavy atom. The van der Waals surface area contributed by atoms with Gasteiger partial charge in [-0.2, -0.15) is 0 Å². The van der Waals surface area contributed by atoms with Gasteiger partial charge in [-0.25, -0.2) is 0 Å². The van der Waals surface area contributed by atoms with Crippen LogP contribution in [-0.2, 0) is 13.6 Å². The molecular formula is C19H18N4O2S. The van der Waals surface area contributed by atoms with Gasteiger partial charge in [0.1, 0.15) is 0 Å². The van der Waals surface area contributed by atoms with Gasteiger partial charge in [-0.3, -0.25) is 9.36 Å². The summed E-state index contributed by atoms with van der Waals surface area (Å²) in [6, 6.07) is 11.6. The van der Waals surface area contributed by atoms with Crippen molar-refractivity contribution < 1.29 is 9.21 Å². The Kier molecular flexibility index (Phi) is 4.38. The minimum atomic E-state index is 0.0806. The van der Waals surface area contributed by atoms with Crippen LogP contribution in [0.15, 0.2) is 58.4 Å². The van der Waals surface area contributed by atoms with Crippen LogP contribution in [0.5, 0.6) is 0 Å². The molecule has 0 bridgehead atoms. The summed E-state index contributed by atoms with van der Waals surface area (Å²) < 4.78 is 9.36. The van der Waals surface area contributed by atoms with Crippen molar-refractivity contribution >= 4 is 28.4 Å². The van der Waals surface area contributed by atoms with E-state index in [1.807, 2.05) is 65.7 Å². The minimum Gasteiger partial charge on any atom is -0.461 e. The molecule has 0 saturated heterocycles. The molecule has 0 unspecified atom stereocenters. The molecule has 0 amide bonds. The smallest absolute Gasteiger partial charge is 0.200 e. The quantitative estimate of drug-likeness (QED) is 0.381. The standard InChI is InChI=1S/C19H18N4O2S/c1-3-23-18(17-9-6-10-25-17)20-21-19(23)26-12-16(24)14-11-22(2)15-8-5-4-7-13(14)15/h4-11H,3,12H2,1-2H3. The Morgan fingerprint density at radius 1 is 1.19 bits per heavy atom. The number of furan rings is 1. The van der Waals surface area contributed by atoms with Gasteiger partial charge >= 0.3 is 0 Å². The van der Waals surface area contributed by atoms with Crippen molar-refractivity contribution in [3.63, 3.8) is 0 Å². The van der Waals surface area contributed by atoms with Crippen LogP contribution >= 0.6 is 11.8 Å². The van der Waals surface area contributed by atoms with E-state index in [-0.39, 0.29) is 5.78 Å². The zero-order chi connectivity index (χ0) is 18.1. The third kappa shape index (κ3) is 2.84. The molecule has 0 aliphatic heterocycles. The summed E-state index contributed by atoms with van der Waals surface area (Å²) in [6.07, 6.45) is 3.51. The van der Waals surface area contributed by atoms with Crippen molar-refractivity contribution in [1.82, 2.24) is 19.3 Å². The highest BCUT2D eigenvalue weighted by molar-refractivity contribution is 7.99. The van der Waals surface area contributed by atoms with E-state index in [1.165, 1.54) is 11.8 Å². The van der Waals surface area contributed by atoms with E-state index >= 15 is 0 Å². The topological polar surface area (TPSA) is 65.8 Å². The van der Waals surface area contributed by atoms with Crippen LogP contribution in [0.25, 0.3) is 22.5 Å². The van der Waals surface area contributed by atoms with Crippen LogP contribution in [0.4, 0.5) is 0 Å². The second kappa shape index (κ2) is 6.84. The lowest BCUT2D eigenvalue weighted by Crippen LogP contribution is -2.05. The lowest BCUT2D eigenvalue weighted by Gasteiger charge is -2.05. The average Bonchev–Trinajstić information content (AvgIpc) is 3.38. The number of nitrogens with zero attached hydrogens (tertiary/aromatic N) is 4. The van der Waals surface area contributed by atoms with Crippen LogP contribution in [-0.4, -0.2) is 30.9 Å². The van der Waals surface area contributed by atoms with Crippen molar-refractivity contribution in [1.29, 1.82) is 0 Å². The van der Waals surface area contributed by atoms with E-state index < -0.39 is 0 Å². The predicted molar refractivity (Wildman–Crippen MR) is 101 cm³/mol. The van der Waals surface area contributed by atoms with Gasteiger partial charge in [0, 0.05) is 36.3 Å². The molecule has 0 saturated carbocycles. The number of Topliss-reactive ketones (excluding diaryl/α,β-unsaturated/α-hetero) is 1. The molecule has 1 aromatic carbocycles. The monoisotopic (exact) mass is 366 g/mol. The Balaban J connectivity index is 1.56. The molecule has 6 nitrogen and oxygen atoms in total. The van der Waals surface area contributed by atoms with Crippen LogP contribution in [0.1, 0.15) is 17.3 Å². The number of fused-ring (bicyclic) bond motifs is 1. The van der Waals surface area contributed by atoms with Gasteiger partial charge in [0.15, 0.2) is 22.5 Å². The summed E-state index contributed by atoms with van der Waals surface area (Å²) in [5, 5.41) is 10.1. The zero-order valence-corrected chi connectivity index (χ0v) is 15.4. The molecule has 0 aliphatic rings. The lowest BCUT2D eigenvalue weighted by atomic mass is 10.1. The summed E-state index contributed by atoms with van der Waals surface area (Å²) in [5.41, 5.74) is 1.79. The number of benzene rings is 1. The van der Waals surface area contributed by atoms with Gasteiger partial charge in [0.05, 0.1) is 12.0 Å². The molecule has 3 heterocycles. The van der Waals surface area contributed by atoms with Gasteiger partial charge in [-0.1, -0.05) is 30.0 Å². The fraction of sp³-hybridized carbons (Fsp3) is 0.211. The molecule has 132 valence electrons. The van der Waals surface area contributed by atoms with Crippen molar-refractivity contribution in [3.05, 3.63) is 54.4 Å². The normalized spacial score (nSPS) is 11.3. The number of thioether (sulfide) groups is 1. The van der Waals surface area contributed by atoms with Crippen molar-refractivity contribution in [2.45, 2.75) is 18.6 Å². The number of carbonyl (C=O) groups excluding carboxylic acids is 1. The average molecular weight is 366 g/mol. The highest BCUT2D eigenvalue weighted by Gasteiger charge is 2.18. The first-order valence-corrected chi connectivity index (χ1v) is 9.34. The van der Waals surface area contributed by atoms with E-state index in [0.717, 1.165) is 16.5 Å². The number of para-hydroxylation sites is 1. The molecule has 0 N–H and O–H groups in total. The molecule has 0 aliphatic carbocycles. The summed E-state index contributed by atoms with van der Waals surface area (Å²) in [4.78, 5) is 12.8. The van der Waals surface area contributed by atoms with Crippen LogP contribution in [0, 0.1) is 0 Å². The van der Waals surface area contributed by atoms with Gasteiger partial charge in [0.25, 0.3) is 0 Å². The summed E-state index contributed by atoms with van der Waals surface area (Å²) in [7, 11) is 1.95. The van der Waals surface area contributed by atoms with E-state index in [2.05, 4.69) is 10.2 Å². The third-order valence-electron chi connectivity index (χ3n) is 4.30. The molecule has 0 fully saturated rings. The van der Waals surface area contributed by atoms with E-state index in [4.69, 9.17) is 4.42 Å². The first kappa shape index (κ1) is 16.7. The maximum atomic E-state index is 12.8. The van der Waals surface area contributed by atoms with Crippen molar-refractivity contribution in [2.24, 2.45) is 7.05 Å². The maximum Gasteiger partial charge on any atom is 0.200 e. The van der Waals surface area contributed by atoms with Crippen LogP contribution in [0.3, 0.4) is 0 Å². The van der Waals surface area contributed by atoms with E-state index in [9.17, 15) is 4.79 Å². The summed E-state index contributed by atoms with van der Waals surface area (Å²) in [5.74, 6) is 1.74. The fourth-order valence-electron chi connectivity index (χ4n) is 3.04. The minimum absolute atomic E-state index is 0.0806. The maximum absolute atomic E-state index is 12.8. The second-order valence-electron chi connectivity index (χ2n) is 5.91. The molecule has 0 spiro atoms. The molecular weight excluding hydrogens is 348 g/mol. The Labute approximate surface area is 154 Å². The number of hydrogen-bond acceptors (Lipinski definition) is 5. The van der Waals surface area contributed by atoms with Crippen molar-refractivity contribution in [2.75, 3.05) is 5.75 Å². The number of aromatic nitrogens is 4. The first-order valence-electron chi connectivity index (χ1n) is 8.36. The van der Waals surface area contributed by atoms with Gasteiger partial charge in [-0.05, 0) is 25.1 Å². The van der Waals surface area contributed by atoms with Crippen molar-refractivity contribution in [3.8, 4) is 11.6 Å². The fourth-order valence-corrected chi connectivity index (χ4v) is 3.93. The van der Waals surface area contributed by atoms with Gasteiger partial charge < -0.3 is 8.98 Å². The molecule has 26 heavy (non-hydrogen) atoms. The SMILES string of the molecule is CCn1c(SCC(=O)c2cn(C)c3ccccc23)nnc1-c1ccco1. The zero-order valence-electron chi connectivity index (χ0n) is 14.5. The largest absolute Gasteiger partial charge is 0.461 e. The number of rotatable bonds is 6. The van der Waals surface area contributed by atoms with Gasteiger partial charge in [0.2, 0.25) is 0 Å². The second-order valence-corrected chi connectivity index (χ2v) is 6.85. The molecule has 7 heteroatoms. The molecule has 4 aromatic rings. The van der Waals surface area contributed by atoms with Crippen LogP contribution in [0.2, 0.25) is 0 Å². The predicted octanol–water partition coefficient (Wildman–Crippen LogP) is 4.02. The molecule has 3 aromatic heterocycles. The first-order chi connectivity index (χ1) is 12.7. The number of hydrogen-bond donors (Lipinski definition) is 0. The van der Waals surface area contributed by atoms with E-state index in [1.54, 1.807) is 6.26 Å². The van der Waals surface area contributed by atoms with Crippen LogP contribution < -0.4 is 0 Å². The number of carbonyl (C=O) groups is 1. The highest BCUT2D eigenvalue weighted by Crippen LogP contribution is 2.26. The van der Waals surface area contributed by atoms with Gasteiger partial charge in [-0.15, -0.1) is 10.2 Å². The lowest BCUT2D eigenvalue weighted by molar-refractivity contribution is 0.102. The molecule has 0 atom stereocenters. The Morgan fingerprint density at radius 3 is 2.81 bits per heavy atom. The number of ketones is 1. The summed E-state index contributed by atoms with van der Waals surface area (Å²) >= 11 is 1.40. The number of aryl methyl sites for hydroxylation is 1. The molecule has 4 rings (SSSR count). The molecule has 0 radical (unpaired) electrons.